The highest BCUT2D eigenvalue weighted by Gasteiger charge is 2.23. The van der Waals surface area contributed by atoms with Crippen molar-refractivity contribution in [3.8, 4) is 0 Å². The van der Waals surface area contributed by atoms with Crippen molar-refractivity contribution >= 4 is 17.4 Å². The molecule has 2 heterocycles. The van der Waals surface area contributed by atoms with Gasteiger partial charge in [0.05, 0.1) is 10.5 Å². The summed E-state index contributed by atoms with van der Waals surface area (Å²) in [5.41, 5.74) is 6.03. The van der Waals surface area contributed by atoms with Crippen LogP contribution in [0.4, 0.5) is 11.5 Å². The molecule has 0 spiro atoms. The first-order valence-electron chi connectivity index (χ1n) is 6.90. The van der Waals surface area contributed by atoms with Gasteiger partial charge < -0.3 is 11.1 Å². The number of aromatic nitrogens is 2. The highest BCUT2D eigenvalue weighted by atomic mass is 16.6. The molecule has 120 valence electrons. The third-order valence-electron chi connectivity index (χ3n) is 3.51. The quantitative estimate of drug-likeness (QED) is 0.639. The Bertz CT molecular complexity index is 731. The lowest BCUT2D eigenvalue weighted by molar-refractivity contribution is -0.385. The van der Waals surface area contributed by atoms with Crippen LogP contribution in [0.5, 0.6) is 0 Å². The van der Waals surface area contributed by atoms with Crippen LogP contribution >= 0.6 is 0 Å². The first-order valence-corrected chi connectivity index (χ1v) is 6.90. The van der Waals surface area contributed by atoms with Gasteiger partial charge in [0.1, 0.15) is 12.0 Å². The Kier molecular flexibility index (Phi) is 4.54. The van der Waals surface area contributed by atoms with E-state index in [9.17, 15) is 14.9 Å². The van der Waals surface area contributed by atoms with Crippen LogP contribution in [0.2, 0.25) is 0 Å². The molecular weight excluding hydrogens is 298 g/mol. The number of nitro groups is 1. The lowest BCUT2D eigenvalue weighted by Gasteiger charge is -2.25. The van der Waals surface area contributed by atoms with E-state index in [0.717, 1.165) is 17.8 Å². The van der Waals surface area contributed by atoms with E-state index < -0.39 is 10.8 Å². The molecule has 0 aliphatic heterocycles. The summed E-state index contributed by atoms with van der Waals surface area (Å²) >= 11 is 0. The molecule has 0 aliphatic carbocycles. The Balaban J connectivity index is 2.14. The molecule has 8 nitrogen and oxygen atoms in total. The van der Waals surface area contributed by atoms with Gasteiger partial charge in [-0.3, -0.25) is 19.9 Å². The molecule has 0 bridgehead atoms. The molecule has 0 saturated heterocycles. The Morgan fingerprint density at radius 3 is 2.65 bits per heavy atom. The Hall–Kier alpha value is -3.03. The van der Waals surface area contributed by atoms with Crippen LogP contribution < -0.4 is 11.1 Å². The van der Waals surface area contributed by atoms with E-state index in [-0.39, 0.29) is 22.5 Å². The van der Waals surface area contributed by atoms with E-state index in [1.54, 1.807) is 12.4 Å². The molecule has 8 heteroatoms. The van der Waals surface area contributed by atoms with Gasteiger partial charge in [0.2, 0.25) is 0 Å². The topological polar surface area (TPSA) is 124 Å². The highest BCUT2D eigenvalue weighted by molar-refractivity contribution is 5.98. The maximum atomic E-state index is 12.3. The Labute approximate surface area is 132 Å². The number of amides is 1. The Morgan fingerprint density at radius 2 is 2.04 bits per heavy atom. The molecule has 0 saturated carbocycles. The summed E-state index contributed by atoms with van der Waals surface area (Å²) < 4.78 is 0. The maximum absolute atomic E-state index is 12.3. The summed E-state index contributed by atoms with van der Waals surface area (Å²) in [6, 6.07) is 4.86. The number of carbonyl (C=O) groups is 1. The molecule has 0 aromatic carbocycles. The number of pyridine rings is 2. The van der Waals surface area contributed by atoms with Crippen molar-refractivity contribution in [1.29, 1.82) is 0 Å². The minimum Gasteiger partial charge on any atom is -0.383 e. The average molecular weight is 315 g/mol. The van der Waals surface area contributed by atoms with Crippen molar-refractivity contribution in [2.75, 3.05) is 12.3 Å². The minimum absolute atomic E-state index is 0.00951. The first kappa shape index (κ1) is 16.3. The van der Waals surface area contributed by atoms with Crippen molar-refractivity contribution in [2.24, 2.45) is 0 Å². The fraction of sp³-hybridized carbons (Fsp3) is 0.267. The molecule has 0 atom stereocenters. The van der Waals surface area contributed by atoms with Gasteiger partial charge in [0.25, 0.3) is 11.6 Å². The smallest absolute Gasteiger partial charge is 0.288 e. The van der Waals surface area contributed by atoms with Crippen LogP contribution in [0.15, 0.2) is 36.8 Å². The number of hydrogen-bond acceptors (Lipinski definition) is 6. The number of nitrogen functional groups attached to an aromatic ring is 1. The largest absolute Gasteiger partial charge is 0.383 e. The summed E-state index contributed by atoms with van der Waals surface area (Å²) in [6.07, 6.45) is 4.38. The number of hydrogen-bond donors (Lipinski definition) is 2. The van der Waals surface area contributed by atoms with Gasteiger partial charge in [0, 0.05) is 30.4 Å². The van der Waals surface area contributed by atoms with Crippen molar-refractivity contribution in [1.82, 2.24) is 15.3 Å². The summed E-state index contributed by atoms with van der Waals surface area (Å²) in [5.74, 6) is -0.546. The molecule has 2 aromatic heterocycles. The van der Waals surface area contributed by atoms with Gasteiger partial charge >= 0.3 is 0 Å². The molecule has 3 N–H and O–H groups in total. The van der Waals surface area contributed by atoms with Gasteiger partial charge in [-0.25, -0.2) is 4.98 Å². The zero-order valence-electron chi connectivity index (χ0n) is 12.8. The normalized spacial score (nSPS) is 11.0. The monoisotopic (exact) mass is 315 g/mol. The standard InChI is InChI=1S/C15H17N5O3/c1-15(2,10-3-5-17-6-4-10)9-19-14(21)12-7-11(20(22)23)8-18-13(12)16/h3-8H,9H2,1-2H3,(H2,16,18)(H,19,21). The molecule has 0 radical (unpaired) electrons. The van der Waals surface area contributed by atoms with Gasteiger partial charge in [0.15, 0.2) is 0 Å². The van der Waals surface area contributed by atoms with Gasteiger partial charge in [-0.2, -0.15) is 0 Å². The number of nitrogens with two attached hydrogens (primary N) is 1. The first-order chi connectivity index (χ1) is 10.8. The second-order valence-electron chi connectivity index (χ2n) is 5.69. The molecule has 1 amide bonds. The minimum atomic E-state index is -0.621. The van der Waals surface area contributed by atoms with E-state index >= 15 is 0 Å². The average Bonchev–Trinajstić information content (AvgIpc) is 2.53. The van der Waals surface area contributed by atoms with Crippen LogP contribution in [-0.2, 0) is 5.41 Å². The van der Waals surface area contributed by atoms with Crippen molar-refractivity contribution in [3.05, 3.63) is 58.0 Å². The number of nitrogens with zero attached hydrogens (tertiary/aromatic N) is 3. The molecule has 2 rings (SSSR count). The van der Waals surface area contributed by atoms with Crippen molar-refractivity contribution < 1.29 is 9.72 Å². The van der Waals surface area contributed by atoms with Crippen LogP contribution in [0.25, 0.3) is 0 Å². The fourth-order valence-electron chi connectivity index (χ4n) is 2.05. The highest BCUT2D eigenvalue weighted by Crippen LogP contribution is 2.22. The molecule has 0 unspecified atom stereocenters. The predicted octanol–water partition coefficient (Wildman–Crippen LogP) is 1.67. The second-order valence-corrected chi connectivity index (χ2v) is 5.69. The van der Waals surface area contributed by atoms with E-state index in [1.165, 1.54) is 0 Å². The number of carbonyl (C=O) groups excluding carboxylic acids is 1. The molecule has 0 aliphatic rings. The summed E-state index contributed by atoms with van der Waals surface area (Å²) in [6.45, 7) is 4.27. The fourth-order valence-corrected chi connectivity index (χ4v) is 2.05. The van der Waals surface area contributed by atoms with E-state index in [1.807, 2.05) is 26.0 Å². The van der Waals surface area contributed by atoms with Crippen molar-refractivity contribution in [3.63, 3.8) is 0 Å². The zero-order chi connectivity index (χ0) is 17.0. The molecule has 0 fully saturated rings. The third-order valence-corrected chi connectivity index (χ3v) is 3.51. The molecular formula is C15H17N5O3. The SMILES string of the molecule is CC(C)(CNC(=O)c1cc([N+](=O)[O-])cnc1N)c1ccncc1. The maximum Gasteiger partial charge on any atom is 0.288 e. The lowest BCUT2D eigenvalue weighted by atomic mass is 9.85. The summed E-state index contributed by atoms with van der Waals surface area (Å²) in [5, 5.41) is 13.5. The predicted molar refractivity (Wildman–Crippen MR) is 84.9 cm³/mol. The van der Waals surface area contributed by atoms with Gasteiger partial charge in [-0.05, 0) is 17.7 Å². The van der Waals surface area contributed by atoms with Gasteiger partial charge in [-0.1, -0.05) is 13.8 Å². The zero-order valence-corrected chi connectivity index (χ0v) is 12.8. The summed E-state index contributed by atoms with van der Waals surface area (Å²) in [7, 11) is 0. The van der Waals surface area contributed by atoms with E-state index in [2.05, 4.69) is 15.3 Å². The van der Waals surface area contributed by atoms with Crippen LogP contribution in [0.1, 0.15) is 29.8 Å². The van der Waals surface area contributed by atoms with E-state index in [0.29, 0.717) is 6.54 Å². The Morgan fingerprint density at radius 1 is 1.39 bits per heavy atom. The third kappa shape index (κ3) is 3.79. The van der Waals surface area contributed by atoms with Crippen LogP contribution in [0.3, 0.4) is 0 Å². The number of anilines is 1. The summed E-state index contributed by atoms with van der Waals surface area (Å²) in [4.78, 5) is 30.1. The lowest BCUT2D eigenvalue weighted by Crippen LogP contribution is -2.37. The van der Waals surface area contributed by atoms with Gasteiger partial charge in [-0.15, -0.1) is 0 Å². The number of rotatable bonds is 5. The molecule has 23 heavy (non-hydrogen) atoms. The second kappa shape index (κ2) is 6.39. The van der Waals surface area contributed by atoms with E-state index in [4.69, 9.17) is 5.73 Å². The molecule has 2 aromatic rings. The number of nitrogens with one attached hydrogen (secondary N) is 1. The van der Waals surface area contributed by atoms with Crippen molar-refractivity contribution in [2.45, 2.75) is 19.3 Å². The van der Waals surface area contributed by atoms with Crippen LogP contribution in [-0.4, -0.2) is 27.3 Å². The van der Waals surface area contributed by atoms with Crippen LogP contribution in [0, 0.1) is 10.1 Å².